The van der Waals surface area contributed by atoms with Crippen LogP contribution in [0.1, 0.15) is 32.3 Å². The lowest BCUT2D eigenvalue weighted by molar-refractivity contribution is -0.229. The Bertz CT molecular complexity index is 754. The SMILES string of the molecule is CC(=O)Oc1ccc(/C=C/C(O)ON2C(=O)CCC2=O)cc1OC(C)=O. The third-order valence-electron chi connectivity index (χ3n) is 3.15. The van der Waals surface area contributed by atoms with Crippen LogP contribution in [0.25, 0.3) is 6.08 Å². The number of hydrogen-bond donors (Lipinski definition) is 1. The Morgan fingerprint density at radius 2 is 1.65 bits per heavy atom. The number of hydrogen-bond acceptors (Lipinski definition) is 8. The van der Waals surface area contributed by atoms with E-state index in [-0.39, 0.29) is 24.3 Å². The van der Waals surface area contributed by atoms with Gasteiger partial charge < -0.3 is 14.6 Å². The minimum absolute atomic E-state index is 0.0233. The number of imide groups is 1. The van der Waals surface area contributed by atoms with Crippen molar-refractivity contribution < 1.29 is 38.6 Å². The second-order valence-corrected chi connectivity index (χ2v) is 5.33. The van der Waals surface area contributed by atoms with Gasteiger partial charge in [0, 0.05) is 26.7 Å². The van der Waals surface area contributed by atoms with Gasteiger partial charge in [-0.15, -0.1) is 0 Å². The van der Waals surface area contributed by atoms with E-state index >= 15 is 0 Å². The molecule has 2 rings (SSSR count). The van der Waals surface area contributed by atoms with Crippen molar-refractivity contribution in [3.8, 4) is 11.5 Å². The molecule has 0 aromatic heterocycles. The summed E-state index contributed by atoms with van der Waals surface area (Å²) in [5.41, 5.74) is 0.485. The van der Waals surface area contributed by atoms with Crippen molar-refractivity contribution in [1.29, 1.82) is 0 Å². The molecule has 1 atom stereocenters. The van der Waals surface area contributed by atoms with E-state index in [1.165, 1.54) is 38.1 Å². The van der Waals surface area contributed by atoms with Crippen molar-refractivity contribution in [2.45, 2.75) is 33.0 Å². The zero-order valence-electron chi connectivity index (χ0n) is 14.1. The van der Waals surface area contributed by atoms with Gasteiger partial charge in [-0.2, -0.15) is 5.06 Å². The summed E-state index contributed by atoms with van der Waals surface area (Å²) >= 11 is 0. The summed E-state index contributed by atoms with van der Waals surface area (Å²) in [6.07, 6.45) is 1.15. The first-order valence-electron chi connectivity index (χ1n) is 7.66. The fourth-order valence-corrected chi connectivity index (χ4v) is 2.11. The van der Waals surface area contributed by atoms with E-state index in [4.69, 9.17) is 14.3 Å². The van der Waals surface area contributed by atoms with Gasteiger partial charge in [0.25, 0.3) is 11.8 Å². The van der Waals surface area contributed by atoms with E-state index in [0.717, 1.165) is 0 Å². The van der Waals surface area contributed by atoms with Crippen molar-refractivity contribution in [3.63, 3.8) is 0 Å². The van der Waals surface area contributed by atoms with Crippen LogP contribution in [-0.2, 0) is 24.0 Å². The first kappa shape index (κ1) is 19.3. The molecule has 0 aliphatic carbocycles. The maximum Gasteiger partial charge on any atom is 0.308 e. The number of amides is 2. The highest BCUT2D eigenvalue weighted by Crippen LogP contribution is 2.29. The highest BCUT2D eigenvalue weighted by molar-refractivity contribution is 6.00. The molecule has 0 spiro atoms. The summed E-state index contributed by atoms with van der Waals surface area (Å²) in [5.74, 6) is -2.14. The standard InChI is InChI=1S/C17H17NO8/c1-10(19)24-13-5-3-12(9-14(13)25-11(2)20)4-8-17(23)26-18-15(21)6-7-16(18)22/h3-5,8-9,17,23H,6-7H2,1-2H3/b8-4+. The number of hydroxylamine groups is 2. The average molecular weight is 363 g/mol. The van der Waals surface area contributed by atoms with Crippen LogP contribution in [0.5, 0.6) is 11.5 Å². The van der Waals surface area contributed by atoms with Crippen LogP contribution in [0, 0.1) is 0 Å². The number of carbonyl (C=O) groups is 4. The van der Waals surface area contributed by atoms with Crippen molar-refractivity contribution >= 4 is 29.8 Å². The second kappa shape index (κ2) is 8.37. The van der Waals surface area contributed by atoms with Gasteiger partial charge >= 0.3 is 11.9 Å². The number of ether oxygens (including phenoxy) is 2. The molecular weight excluding hydrogens is 346 g/mol. The van der Waals surface area contributed by atoms with Crippen molar-refractivity contribution in [2.24, 2.45) is 0 Å². The topological polar surface area (TPSA) is 119 Å². The number of nitrogens with zero attached hydrogens (tertiary/aromatic N) is 1. The van der Waals surface area contributed by atoms with E-state index in [0.29, 0.717) is 10.6 Å². The lowest BCUT2D eigenvalue weighted by Crippen LogP contribution is -2.33. The van der Waals surface area contributed by atoms with Gasteiger partial charge in [-0.3, -0.25) is 19.2 Å². The number of aliphatic hydroxyl groups excluding tert-OH is 1. The molecule has 2 amide bonds. The number of esters is 2. The van der Waals surface area contributed by atoms with E-state index in [2.05, 4.69) is 0 Å². The molecule has 9 heteroatoms. The molecule has 1 N–H and O–H groups in total. The fraction of sp³-hybridized carbons (Fsp3) is 0.294. The zero-order valence-corrected chi connectivity index (χ0v) is 14.1. The number of rotatable bonds is 6. The molecule has 0 radical (unpaired) electrons. The Morgan fingerprint density at radius 3 is 2.23 bits per heavy atom. The molecule has 1 aromatic carbocycles. The molecule has 1 fully saturated rings. The normalized spacial score (nSPS) is 15.4. The van der Waals surface area contributed by atoms with Gasteiger partial charge in [-0.05, 0) is 23.8 Å². The Kier molecular flexibility index (Phi) is 6.21. The molecule has 1 unspecified atom stereocenters. The largest absolute Gasteiger partial charge is 0.423 e. The summed E-state index contributed by atoms with van der Waals surface area (Å²) in [6, 6.07) is 4.37. The first-order chi connectivity index (χ1) is 12.3. The summed E-state index contributed by atoms with van der Waals surface area (Å²) in [7, 11) is 0. The molecule has 1 aliphatic rings. The summed E-state index contributed by atoms with van der Waals surface area (Å²) in [6.45, 7) is 2.40. The van der Waals surface area contributed by atoms with E-state index in [1.807, 2.05) is 0 Å². The van der Waals surface area contributed by atoms with Crippen LogP contribution < -0.4 is 9.47 Å². The summed E-state index contributed by atoms with van der Waals surface area (Å²) < 4.78 is 9.93. The summed E-state index contributed by atoms with van der Waals surface area (Å²) in [4.78, 5) is 50.0. The molecule has 0 saturated carbocycles. The minimum atomic E-state index is -1.54. The van der Waals surface area contributed by atoms with E-state index in [1.54, 1.807) is 6.07 Å². The third-order valence-corrected chi connectivity index (χ3v) is 3.15. The maximum atomic E-state index is 11.4. The van der Waals surface area contributed by atoms with Crippen molar-refractivity contribution in [1.82, 2.24) is 5.06 Å². The lowest BCUT2D eigenvalue weighted by atomic mass is 10.2. The van der Waals surface area contributed by atoms with Gasteiger partial charge in [0.1, 0.15) is 0 Å². The molecule has 138 valence electrons. The fourth-order valence-electron chi connectivity index (χ4n) is 2.11. The smallest absolute Gasteiger partial charge is 0.308 e. The Hall–Kier alpha value is -3.04. The number of aliphatic hydroxyl groups is 1. The number of carbonyl (C=O) groups excluding carboxylic acids is 4. The van der Waals surface area contributed by atoms with Gasteiger partial charge in [0.15, 0.2) is 11.5 Å². The molecular formula is C17H17NO8. The predicted molar refractivity (Wildman–Crippen MR) is 86.3 cm³/mol. The molecule has 1 aliphatic heterocycles. The quantitative estimate of drug-likeness (QED) is 0.343. The Labute approximate surface area is 148 Å². The first-order valence-corrected chi connectivity index (χ1v) is 7.66. The van der Waals surface area contributed by atoms with Crippen molar-refractivity contribution in [3.05, 3.63) is 29.8 Å². The van der Waals surface area contributed by atoms with Gasteiger partial charge in [0.2, 0.25) is 6.29 Å². The molecule has 0 bridgehead atoms. The lowest BCUT2D eigenvalue weighted by Gasteiger charge is -2.15. The molecule has 9 nitrogen and oxygen atoms in total. The third kappa shape index (κ3) is 5.23. The second-order valence-electron chi connectivity index (χ2n) is 5.33. The minimum Gasteiger partial charge on any atom is -0.423 e. The Balaban J connectivity index is 2.11. The van der Waals surface area contributed by atoms with Crippen LogP contribution in [0.2, 0.25) is 0 Å². The van der Waals surface area contributed by atoms with Crippen molar-refractivity contribution in [2.75, 3.05) is 0 Å². The monoisotopic (exact) mass is 363 g/mol. The molecule has 1 heterocycles. The maximum absolute atomic E-state index is 11.4. The predicted octanol–water partition coefficient (Wildman–Crippen LogP) is 0.949. The molecule has 1 aromatic rings. The van der Waals surface area contributed by atoms with E-state index in [9.17, 15) is 24.3 Å². The van der Waals surface area contributed by atoms with Gasteiger partial charge in [0.05, 0.1) is 0 Å². The van der Waals surface area contributed by atoms with Gasteiger partial charge in [-0.1, -0.05) is 12.1 Å². The van der Waals surface area contributed by atoms with Crippen LogP contribution in [-0.4, -0.2) is 40.2 Å². The van der Waals surface area contributed by atoms with Crippen LogP contribution in [0.4, 0.5) is 0 Å². The molecule has 26 heavy (non-hydrogen) atoms. The average Bonchev–Trinajstić information content (AvgIpc) is 2.86. The van der Waals surface area contributed by atoms with E-state index < -0.39 is 30.0 Å². The van der Waals surface area contributed by atoms with Crippen LogP contribution >= 0.6 is 0 Å². The Morgan fingerprint density at radius 1 is 1.08 bits per heavy atom. The van der Waals surface area contributed by atoms with Gasteiger partial charge in [-0.25, -0.2) is 4.84 Å². The zero-order chi connectivity index (χ0) is 19.3. The molecule has 1 saturated heterocycles. The van der Waals surface area contributed by atoms with Crippen LogP contribution in [0.15, 0.2) is 24.3 Å². The van der Waals surface area contributed by atoms with Crippen LogP contribution in [0.3, 0.4) is 0 Å². The highest BCUT2D eigenvalue weighted by Gasteiger charge is 2.31. The number of benzene rings is 1. The summed E-state index contributed by atoms with van der Waals surface area (Å²) in [5, 5.41) is 10.3. The highest BCUT2D eigenvalue weighted by atomic mass is 16.8.